The monoisotopic (exact) mass is 607 g/mol. The van der Waals surface area contributed by atoms with Crippen LogP contribution in [0.25, 0.3) is 15.6 Å². The molecule has 0 bridgehead atoms. The van der Waals surface area contributed by atoms with Gasteiger partial charge in [-0.05, 0) is 76.1 Å². The number of rotatable bonds is 10. The van der Waals surface area contributed by atoms with E-state index in [0.717, 1.165) is 42.5 Å². The molecule has 0 radical (unpaired) electrons. The number of hydrogen-bond acceptors (Lipinski definition) is 7. The standard InChI is InChI=1S/C36H45N7O2/c1-7-33(44)43-19-18-42(22-29(43)20-37-5)35-30-16-17-41(32-13-9-12-28-11-8-10-24(2)34(28)32)23-31(30)38-36(39-35)45-25(3)21-40(6)26(4)27-14-15-27/h7-13,25-27,29H,1,14-23H2,2-4,6H3/t25-,26-,29-/m0/s1. The zero-order chi connectivity index (χ0) is 31.7. The van der Waals surface area contributed by atoms with Crippen molar-refractivity contribution in [3.05, 3.63) is 77.3 Å². The Morgan fingerprint density at radius 3 is 2.67 bits per heavy atom. The number of hydrogen-bond donors (Lipinski definition) is 0. The number of benzene rings is 2. The molecule has 3 atom stereocenters. The smallest absolute Gasteiger partial charge is 0.318 e. The maximum Gasteiger partial charge on any atom is 0.318 e. The van der Waals surface area contributed by atoms with E-state index < -0.39 is 0 Å². The molecule has 0 unspecified atom stereocenters. The van der Waals surface area contributed by atoms with Crippen LogP contribution in [0.15, 0.2) is 49.1 Å². The Labute approximate surface area is 267 Å². The van der Waals surface area contributed by atoms with Crippen LogP contribution < -0.4 is 14.5 Å². The molecule has 6 rings (SSSR count). The average Bonchev–Trinajstić information content (AvgIpc) is 3.89. The van der Waals surface area contributed by atoms with Gasteiger partial charge in [0.1, 0.15) is 18.0 Å². The van der Waals surface area contributed by atoms with Crippen LogP contribution >= 0.6 is 0 Å². The van der Waals surface area contributed by atoms with E-state index in [0.29, 0.717) is 38.2 Å². The summed E-state index contributed by atoms with van der Waals surface area (Å²) < 4.78 is 6.48. The zero-order valence-corrected chi connectivity index (χ0v) is 27.1. The second-order valence-electron chi connectivity index (χ2n) is 13.0. The number of likely N-dealkylation sites (N-methyl/N-ethyl adjacent to an activating group) is 1. The lowest BCUT2D eigenvalue weighted by Gasteiger charge is -2.41. The molecule has 1 aliphatic carbocycles. The molecule has 3 aromatic rings. The highest BCUT2D eigenvalue weighted by Crippen LogP contribution is 2.37. The molecule has 45 heavy (non-hydrogen) atoms. The van der Waals surface area contributed by atoms with E-state index in [-0.39, 0.29) is 24.6 Å². The van der Waals surface area contributed by atoms with Crippen molar-refractivity contribution < 1.29 is 9.53 Å². The molecule has 236 valence electrons. The fourth-order valence-corrected chi connectivity index (χ4v) is 7.12. The van der Waals surface area contributed by atoms with Crippen LogP contribution in [0, 0.1) is 19.4 Å². The maximum absolute atomic E-state index is 12.6. The Bertz CT molecular complexity index is 1610. The molecule has 1 saturated carbocycles. The van der Waals surface area contributed by atoms with Gasteiger partial charge < -0.3 is 24.3 Å². The van der Waals surface area contributed by atoms with E-state index in [2.05, 4.69) is 90.3 Å². The van der Waals surface area contributed by atoms with E-state index in [1.807, 2.05) is 0 Å². The topological polar surface area (TPSA) is 69.4 Å². The second-order valence-corrected chi connectivity index (χ2v) is 13.0. The summed E-state index contributed by atoms with van der Waals surface area (Å²) in [5, 5.41) is 2.52. The minimum atomic E-state index is -0.230. The third-order valence-electron chi connectivity index (χ3n) is 9.85. The molecule has 2 aliphatic heterocycles. The normalized spacial score (nSPS) is 19.6. The van der Waals surface area contributed by atoms with Gasteiger partial charge in [0.2, 0.25) is 12.5 Å². The Hall–Kier alpha value is -4.16. The Morgan fingerprint density at radius 2 is 1.93 bits per heavy atom. The SMILES string of the molecule is [C-]#[N+]C[C@H]1CN(c2nc(O[C@@H](C)CN(C)[C@@H](C)C3CC3)nc3c2CCN(c2cccc4cccc(C)c24)C3)CCN1C(=O)C=C. The number of ether oxygens (including phenoxy) is 1. The molecule has 2 aromatic carbocycles. The Morgan fingerprint density at radius 1 is 1.16 bits per heavy atom. The summed E-state index contributed by atoms with van der Waals surface area (Å²) in [7, 11) is 2.17. The summed E-state index contributed by atoms with van der Waals surface area (Å²) in [6, 6.07) is 13.7. The largest absolute Gasteiger partial charge is 0.459 e. The molecule has 9 nitrogen and oxygen atoms in total. The van der Waals surface area contributed by atoms with Crippen molar-refractivity contribution in [1.29, 1.82) is 0 Å². The first kappa shape index (κ1) is 30.8. The van der Waals surface area contributed by atoms with Crippen molar-refractivity contribution in [2.45, 2.75) is 64.8 Å². The molecule has 3 heterocycles. The molecule has 1 amide bonds. The van der Waals surface area contributed by atoms with E-state index in [1.54, 1.807) is 4.90 Å². The number of aryl methyl sites for hydroxylation is 1. The number of carbonyl (C=O) groups is 1. The molecule has 0 N–H and O–H groups in total. The zero-order valence-electron chi connectivity index (χ0n) is 27.1. The van der Waals surface area contributed by atoms with Gasteiger partial charge in [0.05, 0.1) is 12.2 Å². The van der Waals surface area contributed by atoms with Gasteiger partial charge in [-0.1, -0.05) is 36.9 Å². The lowest BCUT2D eigenvalue weighted by molar-refractivity contribution is -0.128. The third kappa shape index (κ3) is 6.48. The van der Waals surface area contributed by atoms with Crippen LogP contribution in [0.5, 0.6) is 6.01 Å². The van der Waals surface area contributed by atoms with Gasteiger partial charge >= 0.3 is 6.01 Å². The van der Waals surface area contributed by atoms with Gasteiger partial charge in [-0.25, -0.2) is 6.57 Å². The summed E-state index contributed by atoms with van der Waals surface area (Å²) in [5.74, 6) is 1.53. The van der Waals surface area contributed by atoms with Crippen LogP contribution in [0.2, 0.25) is 0 Å². The summed E-state index contributed by atoms with van der Waals surface area (Å²) in [5.41, 5.74) is 4.59. The van der Waals surface area contributed by atoms with Crippen LogP contribution in [0.1, 0.15) is 43.5 Å². The van der Waals surface area contributed by atoms with Gasteiger partial charge in [-0.2, -0.15) is 9.97 Å². The minimum absolute atomic E-state index is 0.0839. The number of amides is 1. The van der Waals surface area contributed by atoms with Crippen molar-refractivity contribution in [3.63, 3.8) is 0 Å². The van der Waals surface area contributed by atoms with Crippen LogP contribution in [-0.4, -0.2) is 90.2 Å². The van der Waals surface area contributed by atoms with E-state index >= 15 is 0 Å². The van der Waals surface area contributed by atoms with E-state index in [4.69, 9.17) is 21.3 Å². The maximum atomic E-state index is 12.6. The first-order valence-corrected chi connectivity index (χ1v) is 16.3. The fourth-order valence-electron chi connectivity index (χ4n) is 7.12. The van der Waals surface area contributed by atoms with E-state index in [1.165, 1.54) is 40.9 Å². The molecule has 3 aliphatic rings. The molecular weight excluding hydrogens is 562 g/mol. The van der Waals surface area contributed by atoms with Gasteiger partial charge in [-0.15, -0.1) is 0 Å². The second kappa shape index (κ2) is 13.1. The first-order valence-electron chi connectivity index (χ1n) is 16.3. The first-order chi connectivity index (χ1) is 21.8. The molecule has 1 saturated heterocycles. The molecule has 9 heteroatoms. The lowest BCUT2D eigenvalue weighted by atomic mass is 9.99. The van der Waals surface area contributed by atoms with Crippen LogP contribution in [0.3, 0.4) is 0 Å². The highest BCUT2D eigenvalue weighted by atomic mass is 16.5. The average molecular weight is 608 g/mol. The Balaban J connectivity index is 1.32. The highest BCUT2D eigenvalue weighted by molar-refractivity contribution is 5.97. The molecule has 1 aromatic heterocycles. The summed E-state index contributed by atoms with van der Waals surface area (Å²) in [6.45, 7) is 22.0. The molecular formula is C36H45N7O2. The van der Waals surface area contributed by atoms with Crippen molar-refractivity contribution in [3.8, 4) is 6.01 Å². The Kier molecular flexibility index (Phi) is 8.95. The predicted molar refractivity (Wildman–Crippen MR) is 180 cm³/mol. The molecule has 0 spiro atoms. The van der Waals surface area contributed by atoms with Gasteiger partial charge in [0.15, 0.2) is 0 Å². The summed E-state index contributed by atoms with van der Waals surface area (Å²) >= 11 is 0. The number of nitrogens with zero attached hydrogens (tertiary/aromatic N) is 7. The number of aromatic nitrogens is 2. The number of anilines is 2. The van der Waals surface area contributed by atoms with E-state index in [9.17, 15) is 4.79 Å². The number of fused-ring (bicyclic) bond motifs is 2. The number of piperazine rings is 1. The highest BCUT2D eigenvalue weighted by Gasteiger charge is 2.35. The van der Waals surface area contributed by atoms with Gasteiger partial charge in [0, 0.05) is 55.4 Å². The minimum Gasteiger partial charge on any atom is -0.459 e. The molecule has 2 fully saturated rings. The van der Waals surface area contributed by atoms with Crippen molar-refractivity contribution in [2.24, 2.45) is 5.92 Å². The van der Waals surface area contributed by atoms with Crippen molar-refractivity contribution in [2.75, 3.05) is 56.1 Å². The number of carbonyl (C=O) groups excluding carboxylic acids is 1. The van der Waals surface area contributed by atoms with Gasteiger partial charge in [-0.3, -0.25) is 9.69 Å². The predicted octanol–water partition coefficient (Wildman–Crippen LogP) is 5.12. The van der Waals surface area contributed by atoms with Crippen molar-refractivity contribution in [1.82, 2.24) is 19.8 Å². The quantitative estimate of drug-likeness (QED) is 0.234. The van der Waals surface area contributed by atoms with Crippen LogP contribution in [0.4, 0.5) is 11.5 Å². The fraction of sp³-hybridized carbons (Fsp3) is 0.500. The summed E-state index contributed by atoms with van der Waals surface area (Å²) in [6.07, 6.45) is 4.68. The third-order valence-corrected chi connectivity index (χ3v) is 9.85. The van der Waals surface area contributed by atoms with Gasteiger partial charge in [0.25, 0.3) is 0 Å². The lowest BCUT2D eigenvalue weighted by Crippen LogP contribution is -2.56. The summed E-state index contributed by atoms with van der Waals surface area (Å²) in [4.78, 5) is 35.2. The van der Waals surface area contributed by atoms with Crippen LogP contribution in [-0.2, 0) is 17.8 Å². The van der Waals surface area contributed by atoms with Crippen molar-refractivity contribution >= 4 is 28.2 Å².